The van der Waals surface area contributed by atoms with Gasteiger partial charge in [-0.15, -0.1) is 0 Å². The summed E-state index contributed by atoms with van der Waals surface area (Å²) in [5.74, 6) is -0.299. The predicted octanol–water partition coefficient (Wildman–Crippen LogP) is 0.0862. The number of aliphatic imine (C=N–C) groups is 1. The summed E-state index contributed by atoms with van der Waals surface area (Å²) >= 11 is 0. The van der Waals surface area contributed by atoms with E-state index in [1.54, 1.807) is 0 Å². The zero-order chi connectivity index (χ0) is 18.2. The molecule has 25 heavy (non-hydrogen) atoms. The molecule has 0 aliphatic heterocycles. The fourth-order valence-electron chi connectivity index (χ4n) is 2.97. The minimum Gasteiger partial charge on any atom is -0.494 e. The van der Waals surface area contributed by atoms with Gasteiger partial charge in [0.15, 0.2) is 0 Å². The summed E-state index contributed by atoms with van der Waals surface area (Å²) in [6.07, 6.45) is 9.69. The van der Waals surface area contributed by atoms with Gasteiger partial charge in [0.25, 0.3) is 5.56 Å². The highest BCUT2D eigenvalue weighted by molar-refractivity contribution is 5.81. The Balaban J connectivity index is 2.09. The standard InChI is InChI=1S/C18H28N4O3/c1-21(2)11-6-10-19-13-15-16(23)20-18(25)22(17(15)24)12-9-14-7-4-3-5-8-14/h7,13,24H,3-6,8-12H2,1-2H3,(H,20,23,25)/p+1. The normalized spacial score (nSPS) is 15.1. The SMILES string of the molecule is C[NH+](C)CCCN=Cc1c(O)n(CCC2=CCCCC2)c(=O)[nH]c1=O. The van der Waals surface area contributed by atoms with Crippen LogP contribution in [0.5, 0.6) is 5.88 Å². The van der Waals surface area contributed by atoms with Crippen molar-refractivity contribution < 1.29 is 10.0 Å². The molecule has 3 N–H and O–H groups in total. The number of H-pyrrole nitrogens is 1. The van der Waals surface area contributed by atoms with Crippen molar-refractivity contribution in [3.8, 4) is 5.88 Å². The Hall–Kier alpha value is -2.15. The largest absolute Gasteiger partial charge is 0.494 e. The maximum Gasteiger partial charge on any atom is 0.331 e. The van der Waals surface area contributed by atoms with Gasteiger partial charge in [-0.1, -0.05) is 11.6 Å². The molecule has 1 aromatic heterocycles. The molecule has 0 spiro atoms. The van der Waals surface area contributed by atoms with E-state index >= 15 is 0 Å². The number of rotatable bonds is 8. The highest BCUT2D eigenvalue weighted by atomic mass is 16.3. The Morgan fingerprint density at radius 3 is 2.84 bits per heavy atom. The molecule has 1 heterocycles. The van der Waals surface area contributed by atoms with Crippen molar-refractivity contribution in [3.05, 3.63) is 38.1 Å². The van der Waals surface area contributed by atoms with E-state index < -0.39 is 11.2 Å². The molecule has 0 saturated carbocycles. The Labute approximate surface area is 147 Å². The third-order valence-electron chi connectivity index (χ3n) is 4.43. The lowest BCUT2D eigenvalue weighted by molar-refractivity contribution is -0.858. The van der Waals surface area contributed by atoms with E-state index in [0.717, 1.165) is 25.8 Å². The van der Waals surface area contributed by atoms with E-state index in [9.17, 15) is 14.7 Å². The number of quaternary nitrogens is 1. The fraction of sp³-hybridized carbons (Fsp3) is 0.611. The number of nitrogens with zero attached hydrogens (tertiary/aromatic N) is 2. The number of hydrogen-bond acceptors (Lipinski definition) is 4. The lowest BCUT2D eigenvalue weighted by atomic mass is 9.97. The summed E-state index contributed by atoms with van der Waals surface area (Å²) in [5, 5.41) is 10.4. The molecule has 138 valence electrons. The van der Waals surface area contributed by atoms with Crippen LogP contribution in [-0.4, -0.2) is 48.1 Å². The first-order valence-electron chi connectivity index (χ1n) is 9.02. The number of aromatic nitrogens is 2. The number of hydrogen-bond donors (Lipinski definition) is 3. The molecule has 0 fully saturated rings. The van der Waals surface area contributed by atoms with Crippen LogP contribution in [0.15, 0.2) is 26.2 Å². The van der Waals surface area contributed by atoms with E-state index in [1.807, 2.05) is 0 Å². The molecule has 0 bridgehead atoms. The van der Waals surface area contributed by atoms with Crippen molar-refractivity contribution in [2.24, 2.45) is 4.99 Å². The Morgan fingerprint density at radius 1 is 1.36 bits per heavy atom. The van der Waals surface area contributed by atoms with E-state index in [2.05, 4.69) is 30.1 Å². The summed E-state index contributed by atoms with van der Waals surface area (Å²) in [6, 6.07) is 0. The average molecular weight is 349 g/mol. The van der Waals surface area contributed by atoms with Crippen molar-refractivity contribution >= 4 is 6.21 Å². The van der Waals surface area contributed by atoms with Gasteiger partial charge < -0.3 is 10.0 Å². The Kier molecular flexibility index (Phi) is 7.18. The summed E-state index contributed by atoms with van der Waals surface area (Å²) in [4.78, 5) is 31.8. The van der Waals surface area contributed by atoms with E-state index in [-0.39, 0.29) is 11.4 Å². The summed E-state index contributed by atoms with van der Waals surface area (Å²) in [6.45, 7) is 1.92. The second kappa shape index (κ2) is 9.36. The third kappa shape index (κ3) is 5.70. The van der Waals surface area contributed by atoms with Gasteiger partial charge >= 0.3 is 5.69 Å². The first-order valence-corrected chi connectivity index (χ1v) is 9.02. The topological polar surface area (TPSA) is 91.9 Å². The Bertz CT molecular complexity index is 744. The quantitative estimate of drug-likeness (QED) is 0.353. The fourth-order valence-corrected chi connectivity index (χ4v) is 2.97. The van der Waals surface area contributed by atoms with E-state index in [1.165, 1.54) is 34.1 Å². The van der Waals surface area contributed by atoms with Gasteiger partial charge in [-0.3, -0.25) is 19.3 Å². The van der Waals surface area contributed by atoms with Crippen molar-refractivity contribution in [1.82, 2.24) is 9.55 Å². The molecule has 2 rings (SSSR count). The molecule has 1 aromatic rings. The molecule has 0 atom stereocenters. The van der Waals surface area contributed by atoms with Crippen LogP contribution in [0.3, 0.4) is 0 Å². The molecule has 0 aromatic carbocycles. The number of allylic oxidation sites excluding steroid dienone is 2. The lowest BCUT2D eigenvalue weighted by Crippen LogP contribution is -3.05. The summed E-state index contributed by atoms with van der Waals surface area (Å²) < 4.78 is 1.22. The van der Waals surface area contributed by atoms with Crippen molar-refractivity contribution in [3.63, 3.8) is 0 Å². The van der Waals surface area contributed by atoms with Crippen LogP contribution in [0.1, 0.15) is 44.1 Å². The van der Waals surface area contributed by atoms with Crippen LogP contribution in [0.25, 0.3) is 0 Å². The summed E-state index contributed by atoms with van der Waals surface area (Å²) in [5.41, 5.74) is 0.185. The van der Waals surface area contributed by atoms with Crippen LogP contribution in [0.4, 0.5) is 0 Å². The molecular weight excluding hydrogens is 320 g/mol. The molecule has 0 amide bonds. The van der Waals surface area contributed by atoms with Gasteiger partial charge in [-0.2, -0.15) is 0 Å². The second-order valence-corrected chi connectivity index (χ2v) is 6.85. The molecule has 1 aliphatic carbocycles. The maximum atomic E-state index is 12.0. The minimum atomic E-state index is -0.599. The van der Waals surface area contributed by atoms with E-state index in [4.69, 9.17) is 0 Å². The average Bonchev–Trinajstić information content (AvgIpc) is 2.57. The number of nitrogens with one attached hydrogen (secondary N) is 2. The smallest absolute Gasteiger partial charge is 0.331 e. The van der Waals surface area contributed by atoms with Gasteiger partial charge in [0, 0.05) is 25.7 Å². The Morgan fingerprint density at radius 2 is 2.16 bits per heavy atom. The van der Waals surface area contributed by atoms with Crippen molar-refractivity contribution in [2.75, 3.05) is 27.2 Å². The minimum absolute atomic E-state index is 0.0504. The van der Waals surface area contributed by atoms with Gasteiger partial charge in [0.05, 0.1) is 20.6 Å². The van der Waals surface area contributed by atoms with Gasteiger partial charge in [0.2, 0.25) is 5.88 Å². The van der Waals surface area contributed by atoms with Crippen LogP contribution < -0.4 is 16.1 Å². The van der Waals surface area contributed by atoms with E-state index in [0.29, 0.717) is 19.5 Å². The van der Waals surface area contributed by atoms with Crippen molar-refractivity contribution in [2.45, 2.75) is 45.1 Å². The van der Waals surface area contributed by atoms with Crippen LogP contribution in [0, 0.1) is 0 Å². The van der Waals surface area contributed by atoms with Crippen LogP contribution in [-0.2, 0) is 6.54 Å². The molecule has 0 unspecified atom stereocenters. The van der Waals surface area contributed by atoms with Crippen LogP contribution >= 0.6 is 0 Å². The molecule has 7 heteroatoms. The molecule has 0 radical (unpaired) electrons. The molecule has 7 nitrogen and oxygen atoms in total. The second-order valence-electron chi connectivity index (χ2n) is 6.85. The highest BCUT2D eigenvalue weighted by Gasteiger charge is 2.13. The lowest BCUT2D eigenvalue weighted by Gasteiger charge is -2.14. The molecule has 1 aliphatic rings. The van der Waals surface area contributed by atoms with Crippen molar-refractivity contribution in [1.29, 1.82) is 0 Å². The monoisotopic (exact) mass is 349 g/mol. The van der Waals surface area contributed by atoms with Gasteiger partial charge in [-0.05, 0) is 32.1 Å². The number of aromatic amines is 1. The first-order chi connectivity index (χ1) is 12.0. The van der Waals surface area contributed by atoms with Crippen LogP contribution in [0.2, 0.25) is 0 Å². The predicted molar refractivity (Wildman–Crippen MR) is 98.9 cm³/mol. The third-order valence-corrected chi connectivity index (χ3v) is 4.43. The molecular formula is C18H29N4O3+. The van der Waals surface area contributed by atoms with Gasteiger partial charge in [-0.25, -0.2) is 4.79 Å². The first kappa shape index (κ1) is 19.2. The number of aromatic hydroxyl groups is 1. The zero-order valence-electron chi connectivity index (χ0n) is 15.2. The molecule has 0 saturated heterocycles. The maximum absolute atomic E-state index is 12.0. The summed E-state index contributed by atoms with van der Waals surface area (Å²) in [7, 11) is 4.13. The zero-order valence-corrected chi connectivity index (χ0v) is 15.2. The highest BCUT2D eigenvalue weighted by Crippen LogP contribution is 2.21. The van der Waals surface area contributed by atoms with Gasteiger partial charge in [0.1, 0.15) is 5.56 Å².